The van der Waals surface area contributed by atoms with Crippen LogP contribution in [0.3, 0.4) is 0 Å². The quantitative estimate of drug-likeness (QED) is 0.600. The molecule has 0 atom stereocenters. The molecule has 4 heteroatoms. The van der Waals surface area contributed by atoms with Crippen LogP contribution in [0.1, 0.15) is 17.0 Å². The minimum atomic E-state index is 0.588. The summed E-state index contributed by atoms with van der Waals surface area (Å²) in [6.45, 7) is 3.78. The molecule has 0 radical (unpaired) electrons. The van der Waals surface area contributed by atoms with E-state index in [-0.39, 0.29) is 0 Å². The van der Waals surface area contributed by atoms with E-state index in [4.69, 9.17) is 5.26 Å². The molecular weight excluding hydrogens is 164 g/mol. The van der Waals surface area contributed by atoms with Crippen LogP contribution < -0.4 is 0 Å². The smallest absolute Gasteiger partial charge is 0.159 e. The fourth-order valence-corrected chi connectivity index (χ4v) is 1.29. The van der Waals surface area contributed by atoms with Gasteiger partial charge in [-0.25, -0.2) is 9.97 Å². The highest BCUT2D eigenvalue weighted by atomic mass is 15.1. The van der Waals surface area contributed by atoms with Crippen LogP contribution in [0.4, 0.5) is 0 Å². The first-order valence-corrected chi connectivity index (χ1v) is 3.93. The molecule has 0 spiro atoms. The molecule has 0 bridgehead atoms. The standard InChI is InChI=1S/C9H8N4/c1-6-9-11-4-8(3-10)7(2)13(9)5-12-6/h4-5H,1-2H3. The van der Waals surface area contributed by atoms with E-state index in [1.807, 2.05) is 18.2 Å². The number of imidazole rings is 1. The molecule has 2 aromatic heterocycles. The molecule has 0 saturated heterocycles. The maximum absolute atomic E-state index is 8.76. The molecule has 0 unspecified atom stereocenters. The Bertz CT molecular complexity index is 504. The van der Waals surface area contributed by atoms with E-state index in [9.17, 15) is 0 Å². The maximum Gasteiger partial charge on any atom is 0.159 e. The van der Waals surface area contributed by atoms with E-state index in [1.165, 1.54) is 0 Å². The van der Waals surface area contributed by atoms with Gasteiger partial charge >= 0.3 is 0 Å². The van der Waals surface area contributed by atoms with Gasteiger partial charge in [0.2, 0.25) is 0 Å². The molecule has 0 aliphatic carbocycles. The van der Waals surface area contributed by atoms with E-state index in [2.05, 4.69) is 16.0 Å². The van der Waals surface area contributed by atoms with Gasteiger partial charge in [0.1, 0.15) is 12.4 Å². The third kappa shape index (κ3) is 0.975. The zero-order chi connectivity index (χ0) is 9.42. The molecule has 4 nitrogen and oxygen atoms in total. The van der Waals surface area contributed by atoms with Crippen molar-refractivity contribution in [3.05, 3.63) is 29.5 Å². The minimum Gasteiger partial charge on any atom is -0.286 e. The van der Waals surface area contributed by atoms with Crippen LogP contribution >= 0.6 is 0 Å². The lowest BCUT2D eigenvalue weighted by Gasteiger charge is -2.00. The van der Waals surface area contributed by atoms with Crippen LogP contribution in [0.2, 0.25) is 0 Å². The monoisotopic (exact) mass is 172 g/mol. The fraction of sp³-hybridized carbons (Fsp3) is 0.222. The molecule has 0 saturated carbocycles. The SMILES string of the molecule is Cc1ncn2c(C)c(C#N)cnc12. The van der Waals surface area contributed by atoms with E-state index >= 15 is 0 Å². The molecule has 2 aromatic rings. The van der Waals surface area contributed by atoms with Crippen molar-refractivity contribution in [2.24, 2.45) is 0 Å². The van der Waals surface area contributed by atoms with Crippen LogP contribution in [0, 0.1) is 25.2 Å². The largest absolute Gasteiger partial charge is 0.286 e. The van der Waals surface area contributed by atoms with E-state index in [0.29, 0.717) is 5.56 Å². The lowest BCUT2D eigenvalue weighted by atomic mass is 10.2. The molecule has 0 fully saturated rings. The second-order valence-corrected chi connectivity index (χ2v) is 2.89. The van der Waals surface area contributed by atoms with Crippen molar-refractivity contribution in [2.75, 3.05) is 0 Å². The third-order valence-electron chi connectivity index (χ3n) is 2.11. The number of aryl methyl sites for hydroxylation is 2. The summed E-state index contributed by atoms with van der Waals surface area (Å²) < 4.78 is 1.83. The molecule has 0 N–H and O–H groups in total. The first kappa shape index (κ1) is 7.74. The highest BCUT2D eigenvalue weighted by Gasteiger charge is 2.06. The Hall–Kier alpha value is -1.89. The summed E-state index contributed by atoms with van der Waals surface area (Å²) in [6, 6.07) is 2.09. The van der Waals surface area contributed by atoms with Crippen molar-refractivity contribution in [3.8, 4) is 6.07 Å². The Balaban J connectivity index is 2.90. The summed E-state index contributed by atoms with van der Waals surface area (Å²) in [4.78, 5) is 8.27. The van der Waals surface area contributed by atoms with Crippen molar-refractivity contribution in [1.29, 1.82) is 5.26 Å². The van der Waals surface area contributed by atoms with Gasteiger partial charge in [-0.05, 0) is 13.8 Å². The van der Waals surface area contributed by atoms with Gasteiger partial charge in [0.05, 0.1) is 11.3 Å². The van der Waals surface area contributed by atoms with Crippen molar-refractivity contribution in [1.82, 2.24) is 14.4 Å². The first-order valence-electron chi connectivity index (χ1n) is 3.93. The van der Waals surface area contributed by atoms with Gasteiger partial charge in [-0.1, -0.05) is 0 Å². The van der Waals surface area contributed by atoms with Crippen LogP contribution in [-0.4, -0.2) is 14.4 Å². The van der Waals surface area contributed by atoms with Gasteiger partial charge < -0.3 is 0 Å². The molecule has 0 aliphatic heterocycles. The second kappa shape index (κ2) is 2.56. The van der Waals surface area contributed by atoms with Gasteiger partial charge in [0.15, 0.2) is 5.65 Å². The molecule has 0 aromatic carbocycles. The van der Waals surface area contributed by atoms with Crippen LogP contribution in [0.15, 0.2) is 12.5 Å². The number of hydrogen-bond donors (Lipinski definition) is 0. The maximum atomic E-state index is 8.76. The predicted octanol–water partition coefficient (Wildman–Crippen LogP) is 1.22. The summed E-state index contributed by atoms with van der Waals surface area (Å²) in [7, 11) is 0. The Morgan fingerprint density at radius 3 is 2.85 bits per heavy atom. The molecule has 64 valence electrons. The Labute approximate surface area is 75.5 Å². The number of rotatable bonds is 0. The predicted molar refractivity (Wildman–Crippen MR) is 47.2 cm³/mol. The van der Waals surface area contributed by atoms with Gasteiger partial charge in [-0.3, -0.25) is 4.40 Å². The van der Waals surface area contributed by atoms with Crippen LogP contribution in [0.25, 0.3) is 5.65 Å². The topological polar surface area (TPSA) is 54.0 Å². The molecule has 2 heterocycles. The summed E-state index contributed by atoms with van der Waals surface area (Å²) in [5.41, 5.74) is 3.17. The van der Waals surface area contributed by atoms with E-state index in [0.717, 1.165) is 17.0 Å². The van der Waals surface area contributed by atoms with Gasteiger partial charge in [0.25, 0.3) is 0 Å². The Kier molecular flexibility index (Phi) is 1.52. The van der Waals surface area contributed by atoms with Crippen LogP contribution in [0.5, 0.6) is 0 Å². The Morgan fingerprint density at radius 1 is 1.38 bits per heavy atom. The molecule has 13 heavy (non-hydrogen) atoms. The Morgan fingerprint density at radius 2 is 2.15 bits per heavy atom. The van der Waals surface area contributed by atoms with Gasteiger partial charge in [-0.2, -0.15) is 5.26 Å². The first-order chi connectivity index (χ1) is 6.24. The minimum absolute atomic E-state index is 0.588. The lowest BCUT2D eigenvalue weighted by molar-refractivity contribution is 1.03. The van der Waals surface area contributed by atoms with E-state index < -0.39 is 0 Å². The lowest BCUT2D eigenvalue weighted by Crippen LogP contribution is -1.96. The zero-order valence-electron chi connectivity index (χ0n) is 7.44. The van der Waals surface area contributed by atoms with Crippen molar-refractivity contribution in [3.63, 3.8) is 0 Å². The molecule has 0 amide bonds. The number of aromatic nitrogens is 3. The van der Waals surface area contributed by atoms with Gasteiger partial charge in [-0.15, -0.1) is 0 Å². The van der Waals surface area contributed by atoms with E-state index in [1.54, 1.807) is 12.5 Å². The highest BCUT2D eigenvalue weighted by molar-refractivity contribution is 5.47. The van der Waals surface area contributed by atoms with Crippen molar-refractivity contribution >= 4 is 5.65 Å². The van der Waals surface area contributed by atoms with Crippen LogP contribution in [-0.2, 0) is 0 Å². The second-order valence-electron chi connectivity index (χ2n) is 2.89. The number of nitrogens with zero attached hydrogens (tertiary/aromatic N) is 4. The number of nitriles is 1. The average Bonchev–Trinajstić information content (AvgIpc) is 2.50. The third-order valence-corrected chi connectivity index (χ3v) is 2.11. The van der Waals surface area contributed by atoms with Crippen molar-refractivity contribution in [2.45, 2.75) is 13.8 Å². The highest BCUT2D eigenvalue weighted by Crippen LogP contribution is 2.10. The number of hydrogen-bond acceptors (Lipinski definition) is 3. The summed E-state index contributed by atoms with van der Waals surface area (Å²) in [6.07, 6.45) is 3.27. The summed E-state index contributed by atoms with van der Waals surface area (Å²) in [5.74, 6) is 0. The summed E-state index contributed by atoms with van der Waals surface area (Å²) in [5, 5.41) is 8.76. The summed E-state index contributed by atoms with van der Waals surface area (Å²) >= 11 is 0. The molecular formula is C9H8N4. The molecule has 2 rings (SSSR count). The number of fused-ring (bicyclic) bond motifs is 1. The van der Waals surface area contributed by atoms with Crippen molar-refractivity contribution < 1.29 is 0 Å². The zero-order valence-corrected chi connectivity index (χ0v) is 7.44. The average molecular weight is 172 g/mol. The normalized spacial score (nSPS) is 10.2. The fourth-order valence-electron chi connectivity index (χ4n) is 1.29. The van der Waals surface area contributed by atoms with Gasteiger partial charge in [0, 0.05) is 11.9 Å². The molecule has 0 aliphatic rings.